The van der Waals surface area contributed by atoms with Crippen LogP contribution in [-0.2, 0) is 4.79 Å². The summed E-state index contributed by atoms with van der Waals surface area (Å²) in [4.78, 5) is 9.95. The Morgan fingerprint density at radius 1 is 1.86 bits per heavy atom. The maximum absolute atomic E-state index is 9.95. The van der Waals surface area contributed by atoms with Crippen LogP contribution in [0.25, 0.3) is 0 Å². The van der Waals surface area contributed by atoms with Crippen molar-refractivity contribution in [2.45, 2.75) is 0 Å². The molecule has 5 heteroatoms. The molecule has 0 aromatic carbocycles. The lowest BCUT2D eigenvalue weighted by molar-refractivity contribution is -0.116. The molecule has 0 bridgehead atoms. The van der Waals surface area contributed by atoms with Gasteiger partial charge in [0.25, 0.3) is 5.91 Å². The summed E-state index contributed by atoms with van der Waals surface area (Å²) in [7, 11) is 0. The predicted octanol–water partition coefficient (Wildman–Crippen LogP) is -0.306. The van der Waals surface area contributed by atoms with Crippen molar-refractivity contribution in [1.82, 2.24) is 5.17 Å². The number of amides is 1. The number of hydrogen-bond acceptors (Lipinski definition) is 4. The zero-order valence-corrected chi connectivity index (χ0v) is 3.37. The van der Waals surface area contributed by atoms with Crippen molar-refractivity contribution in [3.05, 3.63) is 5.21 Å². The van der Waals surface area contributed by atoms with Crippen LogP contribution in [0.1, 0.15) is 0 Å². The third kappa shape index (κ3) is 0.716. The van der Waals surface area contributed by atoms with Gasteiger partial charge >= 0.3 is 0 Å². The van der Waals surface area contributed by atoms with Gasteiger partial charge in [-0.25, -0.2) is 0 Å². The molecule has 0 aromatic rings. The number of hydrogen-bond donors (Lipinski definition) is 0. The Morgan fingerprint density at radius 3 is 2.71 bits per heavy atom. The first-order chi connectivity index (χ1) is 3.29. The summed E-state index contributed by atoms with van der Waals surface area (Å²) >= 11 is 0. The van der Waals surface area contributed by atoms with Crippen LogP contribution < -0.4 is 0 Å². The third-order valence-corrected chi connectivity index (χ3v) is 0.527. The van der Waals surface area contributed by atoms with E-state index in [0.717, 1.165) is 0 Å². The van der Waals surface area contributed by atoms with Gasteiger partial charge in [-0.1, -0.05) is 10.3 Å². The molecular weight excluding hydrogens is 98.0 g/mol. The molecule has 0 fully saturated rings. The maximum Gasteiger partial charge on any atom is 0.286 e. The normalized spacial score (nSPS) is 19.0. The first-order valence-corrected chi connectivity index (χ1v) is 1.68. The van der Waals surface area contributed by atoms with Crippen LogP contribution in [0.15, 0.2) is 10.3 Å². The van der Waals surface area contributed by atoms with Crippen molar-refractivity contribution >= 4 is 5.91 Å². The summed E-state index contributed by atoms with van der Waals surface area (Å²) in [5, 5.41) is 15.9. The highest BCUT2D eigenvalue weighted by Gasteiger charge is 2.04. The highest BCUT2D eigenvalue weighted by Crippen LogP contribution is 1.96. The van der Waals surface area contributed by atoms with E-state index in [1.165, 1.54) is 0 Å². The van der Waals surface area contributed by atoms with E-state index in [0.29, 0.717) is 0 Å². The monoisotopic (exact) mass is 100 g/mol. The van der Waals surface area contributed by atoms with E-state index < -0.39 is 5.91 Å². The van der Waals surface area contributed by atoms with Gasteiger partial charge in [-0.2, -0.15) is 0 Å². The SMILES string of the molecule is O=C1CN([O-])N=N1. The Bertz CT molecular complexity index is 120. The van der Waals surface area contributed by atoms with Crippen LogP contribution in [0.3, 0.4) is 0 Å². The molecule has 1 heterocycles. The van der Waals surface area contributed by atoms with E-state index in [-0.39, 0.29) is 11.7 Å². The topological polar surface area (TPSA) is 68.1 Å². The quantitative estimate of drug-likeness (QED) is 0.419. The standard InChI is InChI=1S/C2H2N3O2/c6-2-1-5(7)4-3-2/h1H2/q-1. The Hall–Kier alpha value is -0.970. The molecule has 5 nitrogen and oxygen atoms in total. The van der Waals surface area contributed by atoms with E-state index in [9.17, 15) is 10.0 Å². The van der Waals surface area contributed by atoms with Crippen molar-refractivity contribution < 1.29 is 4.79 Å². The van der Waals surface area contributed by atoms with E-state index >= 15 is 0 Å². The minimum absolute atomic E-state index is 0.222. The molecule has 0 atom stereocenters. The van der Waals surface area contributed by atoms with Gasteiger partial charge in [-0.3, -0.25) is 4.79 Å². The molecule has 0 radical (unpaired) electrons. The molecule has 0 saturated carbocycles. The lowest BCUT2D eigenvalue weighted by atomic mass is 10.7. The van der Waals surface area contributed by atoms with E-state index in [1.807, 2.05) is 0 Å². The molecule has 0 aliphatic carbocycles. The van der Waals surface area contributed by atoms with Gasteiger partial charge in [0.2, 0.25) is 0 Å². The zero-order chi connectivity index (χ0) is 5.28. The van der Waals surface area contributed by atoms with Crippen molar-refractivity contribution in [3.63, 3.8) is 0 Å². The minimum atomic E-state index is -0.477. The second-order valence-electron chi connectivity index (χ2n) is 1.09. The van der Waals surface area contributed by atoms with E-state index in [4.69, 9.17) is 0 Å². The van der Waals surface area contributed by atoms with Gasteiger partial charge in [0.05, 0.1) is 0 Å². The average Bonchev–Trinajstić information content (AvgIpc) is 1.87. The number of rotatable bonds is 0. The molecule has 7 heavy (non-hydrogen) atoms. The van der Waals surface area contributed by atoms with Crippen molar-refractivity contribution in [1.29, 1.82) is 0 Å². The molecule has 38 valence electrons. The molecule has 1 rings (SSSR count). The van der Waals surface area contributed by atoms with Crippen molar-refractivity contribution in [2.24, 2.45) is 10.3 Å². The molecule has 1 amide bonds. The smallest absolute Gasteiger partial charge is 0.286 e. The van der Waals surface area contributed by atoms with Crippen LogP contribution in [-0.4, -0.2) is 17.6 Å². The molecule has 0 unspecified atom stereocenters. The summed E-state index contributed by atoms with van der Waals surface area (Å²) in [5.41, 5.74) is 0. The number of carbonyl (C=O) groups excluding carboxylic acids is 1. The second kappa shape index (κ2) is 1.27. The average molecular weight is 100 g/mol. The highest BCUT2D eigenvalue weighted by molar-refractivity contribution is 5.79. The molecule has 1 aliphatic rings. The van der Waals surface area contributed by atoms with Crippen LogP contribution >= 0.6 is 0 Å². The fourth-order valence-corrected chi connectivity index (χ4v) is 0.279. The Labute approximate surface area is 39.2 Å². The Morgan fingerprint density at radius 2 is 2.57 bits per heavy atom. The van der Waals surface area contributed by atoms with Gasteiger partial charge in [0.1, 0.15) is 6.54 Å². The van der Waals surface area contributed by atoms with Gasteiger partial charge in [-0.15, -0.1) is 0 Å². The first-order valence-electron chi connectivity index (χ1n) is 1.68. The second-order valence-corrected chi connectivity index (χ2v) is 1.09. The number of carbonyl (C=O) groups is 1. The van der Waals surface area contributed by atoms with Crippen LogP contribution in [0.2, 0.25) is 0 Å². The summed E-state index contributed by atoms with van der Waals surface area (Å²) in [6.45, 7) is -0.222. The van der Waals surface area contributed by atoms with Gasteiger partial charge in [-0.05, 0) is 0 Å². The maximum atomic E-state index is 9.95. The fraction of sp³-hybridized carbons (Fsp3) is 0.500. The minimum Gasteiger partial charge on any atom is -0.740 e. The predicted molar refractivity (Wildman–Crippen MR) is 19.9 cm³/mol. The van der Waals surface area contributed by atoms with E-state index in [1.54, 1.807) is 0 Å². The summed E-state index contributed by atoms with van der Waals surface area (Å²) < 4.78 is 0. The van der Waals surface area contributed by atoms with Crippen molar-refractivity contribution in [2.75, 3.05) is 6.54 Å². The molecule has 0 N–H and O–H groups in total. The van der Waals surface area contributed by atoms with Crippen LogP contribution in [0.5, 0.6) is 0 Å². The Balaban J connectivity index is 2.58. The summed E-state index contributed by atoms with van der Waals surface area (Å²) in [5.74, 6) is -0.477. The van der Waals surface area contributed by atoms with Crippen LogP contribution in [0, 0.1) is 5.21 Å². The Kier molecular flexibility index (Phi) is 0.759. The zero-order valence-electron chi connectivity index (χ0n) is 3.37. The number of nitrogens with zero attached hydrogens (tertiary/aromatic N) is 3. The van der Waals surface area contributed by atoms with Gasteiger partial charge < -0.3 is 10.4 Å². The molecule has 1 aliphatic heterocycles. The molecule has 0 spiro atoms. The highest BCUT2D eigenvalue weighted by atomic mass is 16.5. The number of hydroxylamine groups is 1. The van der Waals surface area contributed by atoms with Gasteiger partial charge in [0, 0.05) is 0 Å². The summed E-state index contributed by atoms with van der Waals surface area (Å²) in [6, 6.07) is 0. The van der Waals surface area contributed by atoms with Crippen molar-refractivity contribution in [3.8, 4) is 0 Å². The van der Waals surface area contributed by atoms with Gasteiger partial charge in [0.15, 0.2) is 0 Å². The lowest BCUT2D eigenvalue weighted by Gasteiger charge is -2.12. The molecular formula is C2H2N3O2-. The summed E-state index contributed by atoms with van der Waals surface area (Å²) in [6.07, 6.45) is 0. The van der Waals surface area contributed by atoms with E-state index in [2.05, 4.69) is 10.3 Å². The molecule has 0 aromatic heterocycles. The third-order valence-electron chi connectivity index (χ3n) is 0.527. The fourth-order valence-electron chi connectivity index (χ4n) is 0.279. The molecule has 0 saturated heterocycles. The largest absolute Gasteiger partial charge is 0.740 e. The van der Waals surface area contributed by atoms with Crippen LogP contribution in [0.4, 0.5) is 0 Å². The lowest BCUT2D eigenvalue weighted by Crippen LogP contribution is -2.08. The first kappa shape index (κ1) is 4.20.